The zero-order valence-corrected chi connectivity index (χ0v) is 9.56. The van der Waals surface area contributed by atoms with Crippen LogP contribution in [0.15, 0.2) is 24.3 Å². The van der Waals surface area contributed by atoms with Gasteiger partial charge in [0.2, 0.25) is 0 Å². The van der Waals surface area contributed by atoms with Crippen molar-refractivity contribution >= 4 is 11.6 Å². The lowest BCUT2D eigenvalue weighted by atomic mass is 10.1. The molecule has 86 valence electrons. The molecular weight excluding hydrogens is 204 g/mol. The number of likely N-dealkylation sites (tertiary alicyclic amines) is 1. The van der Waals surface area contributed by atoms with Gasteiger partial charge >= 0.3 is 0 Å². The number of hydrogen-bond donors (Lipinski definition) is 1. The molecule has 0 aromatic heterocycles. The molecule has 4 nitrogen and oxygen atoms in total. The predicted molar refractivity (Wildman–Crippen MR) is 62.7 cm³/mol. The van der Waals surface area contributed by atoms with Crippen LogP contribution in [0.2, 0.25) is 0 Å². The lowest BCUT2D eigenvalue weighted by Gasteiger charge is -2.38. The Balaban J connectivity index is 2.04. The van der Waals surface area contributed by atoms with Crippen LogP contribution in [0.25, 0.3) is 0 Å². The molecule has 1 aliphatic rings. The molecule has 1 N–H and O–H groups in total. The standard InChI is InChI=1S/C12H16N2O2/c1-13-10-5-3-4-9(6-10)12(15)14-7-11(8-14)16-2/h3-6,11,13H,7-8H2,1-2H3. The number of ether oxygens (including phenoxy) is 1. The Labute approximate surface area is 95.2 Å². The summed E-state index contributed by atoms with van der Waals surface area (Å²) in [4.78, 5) is 13.8. The topological polar surface area (TPSA) is 41.6 Å². The molecule has 0 atom stereocenters. The smallest absolute Gasteiger partial charge is 0.254 e. The van der Waals surface area contributed by atoms with E-state index >= 15 is 0 Å². The van der Waals surface area contributed by atoms with E-state index in [2.05, 4.69) is 5.32 Å². The van der Waals surface area contributed by atoms with Crippen molar-refractivity contribution in [2.24, 2.45) is 0 Å². The number of benzene rings is 1. The van der Waals surface area contributed by atoms with Crippen LogP contribution in [-0.4, -0.2) is 44.2 Å². The van der Waals surface area contributed by atoms with E-state index in [9.17, 15) is 4.79 Å². The van der Waals surface area contributed by atoms with E-state index in [1.54, 1.807) is 12.0 Å². The summed E-state index contributed by atoms with van der Waals surface area (Å²) in [7, 11) is 3.52. The van der Waals surface area contributed by atoms with Gasteiger partial charge in [-0.2, -0.15) is 0 Å². The molecule has 0 radical (unpaired) electrons. The highest BCUT2D eigenvalue weighted by Gasteiger charge is 2.30. The number of methoxy groups -OCH3 is 1. The summed E-state index contributed by atoms with van der Waals surface area (Å²) < 4.78 is 5.14. The fraction of sp³-hybridized carbons (Fsp3) is 0.417. The van der Waals surface area contributed by atoms with Gasteiger partial charge in [0.05, 0.1) is 6.10 Å². The molecule has 0 spiro atoms. The van der Waals surface area contributed by atoms with Gasteiger partial charge in [0.15, 0.2) is 0 Å². The van der Waals surface area contributed by atoms with Crippen LogP contribution < -0.4 is 5.32 Å². The zero-order valence-electron chi connectivity index (χ0n) is 9.56. The SMILES string of the molecule is CNc1cccc(C(=O)N2CC(OC)C2)c1. The molecule has 16 heavy (non-hydrogen) atoms. The Morgan fingerprint density at radius 3 is 2.88 bits per heavy atom. The predicted octanol–water partition coefficient (Wildman–Crippen LogP) is 1.20. The number of rotatable bonds is 3. The molecular formula is C12H16N2O2. The van der Waals surface area contributed by atoms with Crippen LogP contribution in [0.5, 0.6) is 0 Å². The van der Waals surface area contributed by atoms with Crippen LogP contribution in [-0.2, 0) is 4.74 Å². The minimum Gasteiger partial charge on any atom is -0.388 e. The van der Waals surface area contributed by atoms with Crippen molar-refractivity contribution < 1.29 is 9.53 Å². The van der Waals surface area contributed by atoms with Gasteiger partial charge in [-0.3, -0.25) is 4.79 Å². The largest absolute Gasteiger partial charge is 0.388 e. The molecule has 0 aliphatic carbocycles. The molecule has 0 unspecified atom stereocenters. The highest BCUT2D eigenvalue weighted by Crippen LogP contribution is 2.17. The molecule has 1 fully saturated rings. The van der Waals surface area contributed by atoms with Crippen molar-refractivity contribution in [3.63, 3.8) is 0 Å². The van der Waals surface area contributed by atoms with Crippen molar-refractivity contribution in [1.29, 1.82) is 0 Å². The highest BCUT2D eigenvalue weighted by molar-refractivity contribution is 5.95. The van der Waals surface area contributed by atoms with Crippen molar-refractivity contribution in [3.8, 4) is 0 Å². The van der Waals surface area contributed by atoms with Crippen molar-refractivity contribution in [2.75, 3.05) is 32.6 Å². The van der Waals surface area contributed by atoms with Crippen LogP contribution in [0, 0.1) is 0 Å². The summed E-state index contributed by atoms with van der Waals surface area (Å²) in [6.07, 6.45) is 0.205. The van der Waals surface area contributed by atoms with Gasteiger partial charge in [0.1, 0.15) is 0 Å². The Morgan fingerprint density at radius 2 is 2.25 bits per heavy atom. The van der Waals surface area contributed by atoms with Crippen molar-refractivity contribution in [1.82, 2.24) is 4.90 Å². The van der Waals surface area contributed by atoms with E-state index in [-0.39, 0.29) is 12.0 Å². The first-order chi connectivity index (χ1) is 7.74. The fourth-order valence-electron chi connectivity index (χ4n) is 1.74. The van der Waals surface area contributed by atoms with E-state index in [4.69, 9.17) is 4.74 Å². The molecule has 1 aliphatic heterocycles. The monoisotopic (exact) mass is 220 g/mol. The molecule has 0 saturated carbocycles. The second-order valence-corrected chi connectivity index (χ2v) is 3.90. The van der Waals surface area contributed by atoms with Gasteiger partial charge in [-0.1, -0.05) is 6.07 Å². The Kier molecular flexibility index (Phi) is 3.10. The Hall–Kier alpha value is -1.55. The van der Waals surface area contributed by atoms with Crippen LogP contribution in [0.4, 0.5) is 5.69 Å². The van der Waals surface area contributed by atoms with E-state index in [1.807, 2.05) is 31.3 Å². The number of carbonyl (C=O) groups is 1. The first-order valence-corrected chi connectivity index (χ1v) is 5.34. The molecule has 1 amide bonds. The lowest BCUT2D eigenvalue weighted by molar-refractivity contribution is -0.0191. The minimum atomic E-state index is 0.0744. The summed E-state index contributed by atoms with van der Waals surface area (Å²) in [6, 6.07) is 7.52. The maximum atomic E-state index is 12.0. The van der Waals surface area contributed by atoms with Gasteiger partial charge in [-0.25, -0.2) is 0 Å². The average Bonchev–Trinajstić information content (AvgIpc) is 2.27. The Morgan fingerprint density at radius 1 is 1.50 bits per heavy atom. The minimum absolute atomic E-state index is 0.0744. The molecule has 4 heteroatoms. The summed E-state index contributed by atoms with van der Waals surface area (Å²) in [5.41, 5.74) is 1.68. The van der Waals surface area contributed by atoms with E-state index in [1.165, 1.54) is 0 Å². The number of amides is 1. The first kappa shape index (κ1) is 11.0. The lowest BCUT2D eigenvalue weighted by Crippen LogP contribution is -2.54. The third-order valence-corrected chi connectivity index (χ3v) is 2.87. The third-order valence-electron chi connectivity index (χ3n) is 2.87. The maximum Gasteiger partial charge on any atom is 0.254 e. The molecule has 1 saturated heterocycles. The summed E-state index contributed by atoms with van der Waals surface area (Å²) in [5, 5.41) is 3.02. The highest BCUT2D eigenvalue weighted by atomic mass is 16.5. The molecule has 1 aromatic carbocycles. The quantitative estimate of drug-likeness (QED) is 0.832. The molecule has 1 aromatic rings. The van der Waals surface area contributed by atoms with Crippen molar-refractivity contribution in [2.45, 2.75) is 6.10 Å². The second-order valence-electron chi connectivity index (χ2n) is 3.90. The summed E-state index contributed by atoms with van der Waals surface area (Å²) in [5.74, 6) is 0.0744. The van der Waals surface area contributed by atoms with Gasteiger partial charge < -0.3 is 15.0 Å². The van der Waals surface area contributed by atoms with Gasteiger partial charge in [0.25, 0.3) is 5.91 Å². The average molecular weight is 220 g/mol. The van der Waals surface area contributed by atoms with E-state index in [0.29, 0.717) is 13.1 Å². The third kappa shape index (κ3) is 2.02. The van der Waals surface area contributed by atoms with Gasteiger partial charge in [0, 0.05) is 38.5 Å². The van der Waals surface area contributed by atoms with Gasteiger partial charge in [-0.15, -0.1) is 0 Å². The first-order valence-electron chi connectivity index (χ1n) is 5.34. The zero-order chi connectivity index (χ0) is 11.5. The number of anilines is 1. The molecule has 1 heterocycles. The van der Waals surface area contributed by atoms with Crippen molar-refractivity contribution in [3.05, 3.63) is 29.8 Å². The summed E-state index contributed by atoms with van der Waals surface area (Å²) >= 11 is 0. The maximum absolute atomic E-state index is 12.0. The normalized spacial score (nSPS) is 15.8. The van der Waals surface area contributed by atoms with Crippen LogP contribution in [0.3, 0.4) is 0 Å². The van der Waals surface area contributed by atoms with Gasteiger partial charge in [-0.05, 0) is 18.2 Å². The fourth-order valence-corrected chi connectivity index (χ4v) is 1.74. The number of hydrogen-bond acceptors (Lipinski definition) is 3. The van der Waals surface area contributed by atoms with Crippen LogP contribution in [0.1, 0.15) is 10.4 Å². The number of carbonyl (C=O) groups excluding carboxylic acids is 1. The summed E-state index contributed by atoms with van der Waals surface area (Å²) in [6.45, 7) is 1.39. The van der Waals surface area contributed by atoms with Crippen LogP contribution >= 0.6 is 0 Å². The molecule has 2 rings (SSSR count). The number of nitrogens with one attached hydrogen (secondary N) is 1. The number of nitrogens with zero attached hydrogens (tertiary/aromatic N) is 1. The Bertz CT molecular complexity index is 386. The van der Waals surface area contributed by atoms with E-state index < -0.39 is 0 Å². The molecule has 0 bridgehead atoms. The second kappa shape index (κ2) is 4.53. The van der Waals surface area contributed by atoms with E-state index in [0.717, 1.165) is 11.3 Å².